The summed E-state index contributed by atoms with van der Waals surface area (Å²) in [4.78, 5) is 25.6. The Morgan fingerprint density at radius 1 is 1.16 bits per heavy atom. The number of aryl methyl sites for hydroxylation is 2. The highest BCUT2D eigenvalue weighted by molar-refractivity contribution is 8.02. The molecule has 0 unspecified atom stereocenters. The van der Waals surface area contributed by atoms with Gasteiger partial charge in [-0.2, -0.15) is 0 Å². The highest BCUT2D eigenvalue weighted by Gasteiger charge is 2.17. The Labute approximate surface area is 224 Å². The molecule has 0 saturated heterocycles. The van der Waals surface area contributed by atoms with Crippen molar-refractivity contribution in [1.82, 2.24) is 19.9 Å². The summed E-state index contributed by atoms with van der Waals surface area (Å²) in [5.74, 6) is 1.58. The zero-order valence-electron chi connectivity index (χ0n) is 22.8. The number of aromatic nitrogens is 3. The van der Waals surface area contributed by atoms with E-state index in [9.17, 15) is 4.79 Å². The van der Waals surface area contributed by atoms with E-state index in [1.165, 1.54) is 10.6 Å². The summed E-state index contributed by atoms with van der Waals surface area (Å²) < 4.78 is 1.72. The van der Waals surface area contributed by atoms with Crippen molar-refractivity contribution in [2.45, 2.75) is 46.6 Å². The van der Waals surface area contributed by atoms with Crippen LogP contribution in [0, 0.1) is 13.8 Å². The molecule has 0 fully saturated rings. The van der Waals surface area contributed by atoms with E-state index in [4.69, 9.17) is 0 Å². The molecule has 0 saturated carbocycles. The summed E-state index contributed by atoms with van der Waals surface area (Å²) in [7, 11) is 1.84. The molecule has 0 spiro atoms. The van der Waals surface area contributed by atoms with Crippen LogP contribution < -0.4 is 21.1 Å². The van der Waals surface area contributed by atoms with Gasteiger partial charge in [-0.25, -0.2) is 9.97 Å². The lowest BCUT2D eigenvalue weighted by Gasteiger charge is -2.25. The summed E-state index contributed by atoms with van der Waals surface area (Å²) in [5.41, 5.74) is 4.53. The number of allylic oxidation sites excluding steroid dienone is 3. The molecule has 4 rings (SSSR count). The zero-order chi connectivity index (χ0) is 26.5. The van der Waals surface area contributed by atoms with E-state index < -0.39 is 0 Å². The molecule has 37 heavy (non-hydrogen) atoms. The van der Waals surface area contributed by atoms with Crippen molar-refractivity contribution in [3.8, 4) is 0 Å². The summed E-state index contributed by atoms with van der Waals surface area (Å²) in [6.45, 7) is 10.6. The van der Waals surface area contributed by atoms with Crippen LogP contribution in [-0.4, -0.2) is 40.4 Å². The third-order valence-corrected chi connectivity index (χ3v) is 7.76. The first-order valence-electron chi connectivity index (χ1n) is 12.9. The molecule has 196 valence electrons. The van der Waals surface area contributed by atoms with Crippen LogP contribution in [0.3, 0.4) is 0 Å². The fourth-order valence-corrected chi connectivity index (χ4v) is 5.51. The SMILES string of the molecule is CCN(CCNc1cc2c([C@@H](C)NC3=C(SC)C=CCC3)cc(C)cc2c(=O)n1C)c1cnc(C)nc1. The molecule has 1 aliphatic rings. The number of likely N-dealkylation sites (N-methyl/N-ethyl adjacent to an activating group) is 1. The van der Waals surface area contributed by atoms with Gasteiger partial charge in [0, 0.05) is 48.7 Å². The fraction of sp³-hybridized carbons (Fsp3) is 0.414. The summed E-state index contributed by atoms with van der Waals surface area (Å²) in [6, 6.07) is 6.41. The minimum absolute atomic E-state index is 0.0149. The largest absolute Gasteiger partial charge is 0.381 e. The first-order chi connectivity index (χ1) is 17.8. The minimum Gasteiger partial charge on any atom is -0.381 e. The standard InChI is InChI=1S/C29H38N6OS/c1-7-35(22-17-31-21(4)32-18-22)13-12-30-28-16-24-23(14-19(2)15-25(24)29(36)34(28)5)20(3)33-26-10-8-9-11-27(26)37-6/h9,11,14-18,20,30,33H,7-8,10,12-13H2,1-6H3/t20-/m1/s1. The molecule has 2 aromatic heterocycles. The van der Waals surface area contributed by atoms with Crippen molar-refractivity contribution in [3.05, 3.63) is 80.7 Å². The molecule has 1 aliphatic carbocycles. The lowest BCUT2D eigenvalue weighted by Crippen LogP contribution is -2.30. The van der Waals surface area contributed by atoms with Crippen LogP contribution in [0.5, 0.6) is 0 Å². The number of rotatable bonds is 10. The molecule has 8 heteroatoms. The van der Waals surface area contributed by atoms with E-state index in [0.717, 1.165) is 65.2 Å². The number of benzene rings is 1. The molecule has 1 aromatic carbocycles. The van der Waals surface area contributed by atoms with Gasteiger partial charge in [0.2, 0.25) is 0 Å². The zero-order valence-corrected chi connectivity index (χ0v) is 23.6. The van der Waals surface area contributed by atoms with Gasteiger partial charge in [0.15, 0.2) is 0 Å². The number of anilines is 2. The fourth-order valence-electron chi connectivity index (χ4n) is 4.87. The maximum absolute atomic E-state index is 13.4. The Hall–Kier alpha value is -3.26. The highest BCUT2D eigenvalue weighted by Crippen LogP contribution is 2.30. The van der Waals surface area contributed by atoms with Gasteiger partial charge in [-0.1, -0.05) is 18.2 Å². The Bertz CT molecular complexity index is 1380. The maximum Gasteiger partial charge on any atom is 0.259 e. The first-order valence-corrected chi connectivity index (χ1v) is 14.2. The number of nitrogens with zero attached hydrogens (tertiary/aromatic N) is 4. The van der Waals surface area contributed by atoms with Gasteiger partial charge in [0.05, 0.1) is 18.1 Å². The molecular weight excluding hydrogens is 480 g/mol. The van der Waals surface area contributed by atoms with Crippen LogP contribution in [0.25, 0.3) is 10.8 Å². The predicted octanol–water partition coefficient (Wildman–Crippen LogP) is 5.46. The molecule has 2 N–H and O–H groups in total. The van der Waals surface area contributed by atoms with Gasteiger partial charge >= 0.3 is 0 Å². The number of hydrogen-bond donors (Lipinski definition) is 2. The van der Waals surface area contributed by atoms with E-state index in [-0.39, 0.29) is 11.6 Å². The first kappa shape index (κ1) is 26.8. The molecule has 1 atom stereocenters. The monoisotopic (exact) mass is 518 g/mol. The molecule has 0 bridgehead atoms. The third-order valence-electron chi connectivity index (χ3n) is 6.94. The lowest BCUT2D eigenvalue weighted by atomic mass is 9.97. The Morgan fingerprint density at radius 3 is 2.62 bits per heavy atom. The quantitative estimate of drug-likeness (QED) is 0.369. The van der Waals surface area contributed by atoms with Gasteiger partial charge in [0.1, 0.15) is 11.6 Å². The van der Waals surface area contributed by atoms with Crippen molar-refractivity contribution < 1.29 is 0 Å². The molecule has 0 aliphatic heterocycles. The van der Waals surface area contributed by atoms with Gasteiger partial charge in [0.25, 0.3) is 5.56 Å². The number of hydrogen-bond acceptors (Lipinski definition) is 7. The maximum atomic E-state index is 13.4. The summed E-state index contributed by atoms with van der Waals surface area (Å²) in [5, 5.41) is 9.01. The molecule has 7 nitrogen and oxygen atoms in total. The highest BCUT2D eigenvalue weighted by atomic mass is 32.2. The Morgan fingerprint density at radius 2 is 1.92 bits per heavy atom. The number of pyridine rings is 1. The number of fused-ring (bicyclic) bond motifs is 1. The molecule has 2 heterocycles. The Kier molecular flexibility index (Phi) is 8.59. The van der Waals surface area contributed by atoms with Crippen molar-refractivity contribution in [2.24, 2.45) is 7.05 Å². The third kappa shape index (κ3) is 6.01. The molecular formula is C29H38N6OS. The van der Waals surface area contributed by atoms with Gasteiger partial charge in [-0.05, 0) is 75.4 Å². The normalized spacial score (nSPS) is 14.2. The molecule has 0 amide bonds. The topological polar surface area (TPSA) is 75.1 Å². The van der Waals surface area contributed by atoms with Crippen LogP contribution in [-0.2, 0) is 7.05 Å². The van der Waals surface area contributed by atoms with E-state index >= 15 is 0 Å². The second-order valence-corrected chi connectivity index (χ2v) is 10.4. The number of thioether (sulfide) groups is 1. The van der Waals surface area contributed by atoms with E-state index in [2.05, 4.69) is 76.8 Å². The minimum atomic E-state index is 0.0149. The van der Waals surface area contributed by atoms with Crippen LogP contribution in [0.15, 0.2) is 58.1 Å². The average Bonchev–Trinajstić information content (AvgIpc) is 2.90. The molecule has 0 radical (unpaired) electrons. The van der Waals surface area contributed by atoms with Crippen LogP contribution >= 0.6 is 11.8 Å². The van der Waals surface area contributed by atoms with Crippen LogP contribution in [0.2, 0.25) is 0 Å². The van der Waals surface area contributed by atoms with Gasteiger partial charge in [-0.15, -0.1) is 11.8 Å². The second kappa shape index (κ2) is 11.9. The second-order valence-electron chi connectivity index (χ2n) is 9.56. The van der Waals surface area contributed by atoms with E-state index in [1.807, 2.05) is 32.4 Å². The number of nitrogens with one attached hydrogen (secondary N) is 2. The van der Waals surface area contributed by atoms with Crippen molar-refractivity contribution in [1.29, 1.82) is 0 Å². The smallest absolute Gasteiger partial charge is 0.259 e. The summed E-state index contributed by atoms with van der Waals surface area (Å²) in [6.07, 6.45) is 12.3. The van der Waals surface area contributed by atoms with Gasteiger partial charge < -0.3 is 15.5 Å². The van der Waals surface area contributed by atoms with Crippen molar-refractivity contribution >= 4 is 34.0 Å². The summed E-state index contributed by atoms with van der Waals surface area (Å²) >= 11 is 1.77. The Balaban J connectivity index is 1.61. The van der Waals surface area contributed by atoms with E-state index in [1.54, 1.807) is 16.3 Å². The van der Waals surface area contributed by atoms with Crippen LogP contribution in [0.1, 0.15) is 49.7 Å². The predicted molar refractivity (Wildman–Crippen MR) is 158 cm³/mol. The van der Waals surface area contributed by atoms with Gasteiger partial charge in [-0.3, -0.25) is 9.36 Å². The van der Waals surface area contributed by atoms with Crippen molar-refractivity contribution in [3.63, 3.8) is 0 Å². The van der Waals surface area contributed by atoms with Crippen LogP contribution in [0.4, 0.5) is 11.5 Å². The lowest BCUT2D eigenvalue weighted by molar-refractivity contribution is 0.628. The molecule has 3 aromatic rings. The average molecular weight is 519 g/mol. The van der Waals surface area contributed by atoms with Crippen molar-refractivity contribution in [2.75, 3.05) is 36.1 Å². The van der Waals surface area contributed by atoms with E-state index in [0.29, 0.717) is 6.54 Å².